The molecule has 1 aromatic carbocycles. The number of sulfonamides is 1. The summed E-state index contributed by atoms with van der Waals surface area (Å²) in [6.07, 6.45) is 0. The topological polar surface area (TPSA) is 61.2 Å². The second-order valence-corrected chi connectivity index (χ2v) is 6.42. The van der Waals surface area contributed by atoms with Crippen molar-refractivity contribution in [1.82, 2.24) is 4.31 Å². The van der Waals surface area contributed by atoms with E-state index in [0.29, 0.717) is 0 Å². The normalized spacial score (nSPS) is 13.4. The second kappa shape index (κ2) is 5.30. The molecule has 0 aliphatic rings. The highest BCUT2D eigenvalue weighted by Gasteiger charge is 2.25. The van der Waals surface area contributed by atoms with Crippen molar-refractivity contribution < 1.29 is 8.42 Å². The second-order valence-electron chi connectivity index (χ2n) is 4.06. The molecule has 0 heterocycles. The number of benzene rings is 1. The molecule has 0 aliphatic heterocycles. The number of rotatable bonds is 4. The van der Waals surface area contributed by atoms with Crippen molar-refractivity contribution in [2.75, 3.05) is 7.05 Å². The quantitative estimate of drug-likeness (QED) is 0.819. The molecule has 0 fully saturated rings. The predicted octanol–water partition coefficient (Wildman–Crippen LogP) is 1.67. The minimum atomic E-state index is -3.53. The van der Waals surface area contributed by atoms with Gasteiger partial charge in [-0.25, -0.2) is 8.42 Å². The lowest BCUT2D eigenvalue weighted by molar-refractivity contribution is 0.463. The smallest absolute Gasteiger partial charge is 0.211 e. The Morgan fingerprint density at radius 1 is 1.47 bits per heavy atom. The third-order valence-electron chi connectivity index (χ3n) is 2.55. The fourth-order valence-electron chi connectivity index (χ4n) is 1.49. The van der Waals surface area contributed by atoms with Gasteiger partial charge in [0.1, 0.15) is 0 Å². The first kappa shape index (κ1) is 13.7. The molecule has 0 N–H and O–H groups in total. The van der Waals surface area contributed by atoms with Crippen molar-refractivity contribution in [3.05, 3.63) is 35.4 Å². The SMILES string of the molecule is Cc1cccc(CN(C)S(=O)(=O)C(C)C#N)c1. The van der Waals surface area contributed by atoms with E-state index in [9.17, 15) is 8.42 Å². The van der Waals surface area contributed by atoms with Crippen LogP contribution in [0.3, 0.4) is 0 Å². The molecule has 0 saturated heterocycles. The Balaban J connectivity index is 2.87. The summed E-state index contributed by atoms with van der Waals surface area (Å²) in [6, 6.07) is 9.40. The van der Waals surface area contributed by atoms with Crippen molar-refractivity contribution in [1.29, 1.82) is 5.26 Å². The van der Waals surface area contributed by atoms with Gasteiger partial charge in [0, 0.05) is 13.6 Å². The first-order valence-electron chi connectivity index (χ1n) is 5.28. The number of nitriles is 1. The van der Waals surface area contributed by atoms with Crippen LogP contribution in [0.15, 0.2) is 24.3 Å². The van der Waals surface area contributed by atoms with Gasteiger partial charge >= 0.3 is 0 Å². The molecular weight excluding hydrogens is 236 g/mol. The van der Waals surface area contributed by atoms with E-state index in [1.54, 1.807) is 6.07 Å². The molecule has 0 radical (unpaired) electrons. The first-order chi connectivity index (χ1) is 7.87. The van der Waals surface area contributed by atoms with Crippen LogP contribution >= 0.6 is 0 Å². The summed E-state index contributed by atoms with van der Waals surface area (Å²) in [5.41, 5.74) is 2.00. The van der Waals surface area contributed by atoms with Crippen LogP contribution in [-0.2, 0) is 16.6 Å². The molecular formula is C12H16N2O2S. The summed E-state index contributed by atoms with van der Waals surface area (Å²) >= 11 is 0. The molecule has 1 atom stereocenters. The Labute approximate surface area is 103 Å². The molecule has 1 unspecified atom stereocenters. The number of hydrogen-bond donors (Lipinski definition) is 0. The monoisotopic (exact) mass is 252 g/mol. The molecule has 4 nitrogen and oxygen atoms in total. The van der Waals surface area contributed by atoms with Crippen LogP contribution in [0.4, 0.5) is 0 Å². The third-order valence-corrected chi connectivity index (χ3v) is 4.55. The lowest BCUT2D eigenvalue weighted by Crippen LogP contribution is -2.33. The van der Waals surface area contributed by atoms with E-state index in [1.807, 2.05) is 31.2 Å². The van der Waals surface area contributed by atoms with Crippen molar-refractivity contribution >= 4 is 10.0 Å². The summed E-state index contributed by atoms with van der Waals surface area (Å²) in [6.45, 7) is 3.63. The van der Waals surface area contributed by atoms with Gasteiger partial charge in [-0.1, -0.05) is 29.8 Å². The van der Waals surface area contributed by atoms with Gasteiger partial charge in [-0.2, -0.15) is 9.57 Å². The Morgan fingerprint density at radius 2 is 2.12 bits per heavy atom. The van der Waals surface area contributed by atoms with E-state index in [1.165, 1.54) is 18.3 Å². The summed E-state index contributed by atoms with van der Waals surface area (Å²) in [5, 5.41) is 7.66. The maximum Gasteiger partial charge on any atom is 0.230 e. The summed E-state index contributed by atoms with van der Waals surface area (Å²) in [7, 11) is -2.04. The van der Waals surface area contributed by atoms with Crippen LogP contribution in [0, 0.1) is 18.3 Å². The average molecular weight is 252 g/mol. The number of aryl methyl sites for hydroxylation is 1. The zero-order valence-corrected chi connectivity index (χ0v) is 11.0. The molecule has 0 aliphatic carbocycles. The Kier molecular flexibility index (Phi) is 4.27. The Morgan fingerprint density at radius 3 is 2.65 bits per heavy atom. The van der Waals surface area contributed by atoms with Crippen molar-refractivity contribution in [2.24, 2.45) is 0 Å². The lowest BCUT2D eigenvalue weighted by atomic mass is 10.1. The highest BCUT2D eigenvalue weighted by molar-refractivity contribution is 7.89. The minimum absolute atomic E-state index is 0.288. The largest absolute Gasteiger partial charge is 0.230 e. The van der Waals surface area contributed by atoms with Crippen LogP contribution in [0.2, 0.25) is 0 Å². The summed E-state index contributed by atoms with van der Waals surface area (Å²) in [5.74, 6) is 0. The van der Waals surface area contributed by atoms with Crippen molar-refractivity contribution in [3.63, 3.8) is 0 Å². The van der Waals surface area contributed by atoms with E-state index >= 15 is 0 Å². The highest BCUT2D eigenvalue weighted by atomic mass is 32.2. The van der Waals surface area contributed by atoms with Gasteiger partial charge in [0.15, 0.2) is 5.25 Å². The van der Waals surface area contributed by atoms with Crippen LogP contribution < -0.4 is 0 Å². The summed E-state index contributed by atoms with van der Waals surface area (Å²) < 4.78 is 24.9. The fraction of sp³-hybridized carbons (Fsp3) is 0.417. The molecule has 5 heteroatoms. The molecule has 0 aromatic heterocycles. The minimum Gasteiger partial charge on any atom is -0.211 e. The van der Waals surface area contributed by atoms with Gasteiger partial charge in [0.2, 0.25) is 10.0 Å². The van der Waals surface area contributed by atoms with E-state index in [-0.39, 0.29) is 6.54 Å². The fourth-order valence-corrected chi connectivity index (χ4v) is 2.50. The van der Waals surface area contributed by atoms with Gasteiger partial charge in [0.05, 0.1) is 6.07 Å². The van der Waals surface area contributed by atoms with E-state index in [2.05, 4.69) is 0 Å². The molecule has 1 rings (SSSR count). The Bertz CT molecular complexity index is 532. The van der Waals surface area contributed by atoms with Crippen LogP contribution in [0.25, 0.3) is 0 Å². The van der Waals surface area contributed by atoms with Gasteiger partial charge in [-0.05, 0) is 19.4 Å². The van der Waals surface area contributed by atoms with E-state index in [4.69, 9.17) is 5.26 Å². The van der Waals surface area contributed by atoms with E-state index < -0.39 is 15.3 Å². The predicted molar refractivity (Wildman–Crippen MR) is 66.6 cm³/mol. The average Bonchev–Trinajstić information content (AvgIpc) is 2.27. The molecule has 0 amide bonds. The molecule has 0 saturated carbocycles. The maximum absolute atomic E-state index is 11.9. The number of hydrogen-bond acceptors (Lipinski definition) is 3. The van der Waals surface area contributed by atoms with E-state index in [0.717, 1.165) is 11.1 Å². The maximum atomic E-state index is 11.9. The lowest BCUT2D eigenvalue weighted by Gasteiger charge is -2.18. The number of nitrogens with zero attached hydrogens (tertiary/aromatic N) is 2. The van der Waals surface area contributed by atoms with Crippen LogP contribution in [0.5, 0.6) is 0 Å². The van der Waals surface area contributed by atoms with Gasteiger partial charge < -0.3 is 0 Å². The van der Waals surface area contributed by atoms with Crippen molar-refractivity contribution in [2.45, 2.75) is 25.6 Å². The van der Waals surface area contributed by atoms with Crippen LogP contribution in [0.1, 0.15) is 18.1 Å². The molecule has 0 spiro atoms. The summed E-state index contributed by atoms with van der Waals surface area (Å²) in [4.78, 5) is 0. The highest BCUT2D eigenvalue weighted by Crippen LogP contribution is 2.12. The zero-order chi connectivity index (χ0) is 13.1. The molecule has 17 heavy (non-hydrogen) atoms. The van der Waals surface area contributed by atoms with Gasteiger partial charge in [-0.15, -0.1) is 0 Å². The molecule has 0 bridgehead atoms. The van der Waals surface area contributed by atoms with Crippen molar-refractivity contribution in [3.8, 4) is 6.07 Å². The zero-order valence-electron chi connectivity index (χ0n) is 10.2. The van der Waals surface area contributed by atoms with Gasteiger partial charge in [-0.3, -0.25) is 0 Å². The first-order valence-corrected chi connectivity index (χ1v) is 6.78. The van der Waals surface area contributed by atoms with Gasteiger partial charge in [0.25, 0.3) is 0 Å². The Hall–Kier alpha value is -1.38. The van der Waals surface area contributed by atoms with Crippen LogP contribution in [-0.4, -0.2) is 25.0 Å². The third kappa shape index (κ3) is 3.29. The standard InChI is InChI=1S/C12H16N2O2S/c1-10-5-4-6-12(7-10)9-14(3)17(15,16)11(2)8-13/h4-7,11H,9H2,1-3H3. The molecule has 1 aromatic rings. The molecule has 92 valence electrons.